The number of nitrogens with zero attached hydrogens (tertiary/aromatic N) is 1. The largest absolute Gasteiger partial charge is 0.324 e. The van der Waals surface area contributed by atoms with Gasteiger partial charge in [0.05, 0.1) is 11.6 Å². The van der Waals surface area contributed by atoms with Gasteiger partial charge in [-0.2, -0.15) is 0 Å². The van der Waals surface area contributed by atoms with Gasteiger partial charge >= 0.3 is 0 Å². The average molecular weight is 249 g/mol. The molecule has 0 saturated carbocycles. The lowest BCUT2D eigenvalue weighted by Gasteiger charge is -2.22. The van der Waals surface area contributed by atoms with Gasteiger partial charge < -0.3 is 15.2 Å². The van der Waals surface area contributed by atoms with Crippen LogP contribution in [0, 0.1) is 12.8 Å². The first-order valence-corrected chi connectivity index (χ1v) is 6.27. The number of pyridine rings is 1. The Morgan fingerprint density at radius 2 is 2.33 bits per heavy atom. The van der Waals surface area contributed by atoms with Gasteiger partial charge in [0.15, 0.2) is 0 Å². The summed E-state index contributed by atoms with van der Waals surface area (Å²) in [6.07, 6.45) is 3.62. The maximum Gasteiger partial charge on any atom is 0.250 e. The zero-order valence-corrected chi connectivity index (χ0v) is 10.8. The van der Waals surface area contributed by atoms with Gasteiger partial charge in [-0.1, -0.05) is 0 Å². The Morgan fingerprint density at radius 1 is 1.56 bits per heavy atom. The predicted octanol–water partition coefficient (Wildman–Crippen LogP) is 0.632. The van der Waals surface area contributed by atoms with Crippen LogP contribution in [0.2, 0.25) is 0 Å². The van der Waals surface area contributed by atoms with Crippen molar-refractivity contribution in [3.63, 3.8) is 0 Å². The second-order valence-corrected chi connectivity index (χ2v) is 4.85. The molecule has 2 rings (SSSR count). The van der Waals surface area contributed by atoms with Crippen molar-refractivity contribution in [3.8, 4) is 0 Å². The molecule has 1 aliphatic heterocycles. The number of nitrogens with one attached hydrogen (secondary N) is 2. The van der Waals surface area contributed by atoms with Crippen molar-refractivity contribution in [2.75, 3.05) is 18.4 Å². The molecule has 0 spiro atoms. The molecule has 0 radical (unpaired) electrons. The second-order valence-electron chi connectivity index (χ2n) is 4.85. The third-order valence-corrected chi connectivity index (χ3v) is 3.36. The van der Waals surface area contributed by atoms with E-state index in [9.17, 15) is 9.59 Å². The Morgan fingerprint density at radius 3 is 3.00 bits per heavy atom. The van der Waals surface area contributed by atoms with Crippen LogP contribution in [-0.4, -0.2) is 23.6 Å². The quantitative estimate of drug-likeness (QED) is 0.808. The van der Waals surface area contributed by atoms with Gasteiger partial charge in [0.2, 0.25) is 5.91 Å². The molecule has 18 heavy (non-hydrogen) atoms. The standard InChI is InChI=1S/C13H19N3O2/c1-9-6-12(17)16(2)8-11(9)15-13(18)10-4-3-5-14-7-10/h6,8,10,14H,3-5,7H2,1-2H3,(H,15,18). The SMILES string of the molecule is Cc1cc(=O)n(C)cc1NC(=O)C1CCCNC1. The number of piperidine rings is 1. The van der Waals surface area contributed by atoms with E-state index < -0.39 is 0 Å². The van der Waals surface area contributed by atoms with Crippen LogP contribution in [0.25, 0.3) is 0 Å². The smallest absolute Gasteiger partial charge is 0.250 e. The van der Waals surface area contributed by atoms with E-state index in [0.29, 0.717) is 5.69 Å². The van der Waals surface area contributed by atoms with Gasteiger partial charge in [-0.3, -0.25) is 9.59 Å². The molecule has 0 aliphatic carbocycles. The van der Waals surface area contributed by atoms with Gasteiger partial charge in [0.1, 0.15) is 0 Å². The highest BCUT2D eigenvalue weighted by Gasteiger charge is 2.21. The second kappa shape index (κ2) is 5.35. The predicted molar refractivity (Wildman–Crippen MR) is 70.6 cm³/mol. The van der Waals surface area contributed by atoms with Gasteiger partial charge in [0, 0.05) is 25.9 Å². The molecule has 2 N–H and O–H groups in total. The number of aromatic nitrogens is 1. The lowest BCUT2D eigenvalue weighted by Crippen LogP contribution is -2.37. The highest BCUT2D eigenvalue weighted by atomic mass is 16.2. The number of carbonyl (C=O) groups is 1. The van der Waals surface area contributed by atoms with Crippen LogP contribution < -0.4 is 16.2 Å². The minimum atomic E-state index is -0.0650. The molecule has 2 heterocycles. The fraction of sp³-hybridized carbons (Fsp3) is 0.538. The first-order chi connectivity index (χ1) is 8.58. The zero-order chi connectivity index (χ0) is 13.1. The van der Waals surface area contributed by atoms with Gasteiger partial charge in [-0.15, -0.1) is 0 Å². The van der Waals surface area contributed by atoms with E-state index in [1.165, 1.54) is 10.6 Å². The normalized spacial score (nSPS) is 19.6. The maximum absolute atomic E-state index is 12.1. The van der Waals surface area contributed by atoms with Gasteiger partial charge in [-0.25, -0.2) is 0 Å². The summed E-state index contributed by atoms with van der Waals surface area (Å²) in [6, 6.07) is 1.54. The Kier molecular flexibility index (Phi) is 3.81. The molecule has 1 aromatic rings. The molecular formula is C13H19N3O2. The highest BCUT2D eigenvalue weighted by molar-refractivity contribution is 5.93. The lowest BCUT2D eigenvalue weighted by atomic mass is 9.98. The van der Waals surface area contributed by atoms with Crippen LogP contribution >= 0.6 is 0 Å². The van der Waals surface area contributed by atoms with Crippen molar-refractivity contribution in [3.05, 3.63) is 28.2 Å². The van der Waals surface area contributed by atoms with Crippen LogP contribution in [0.5, 0.6) is 0 Å². The molecule has 1 fully saturated rings. The summed E-state index contributed by atoms with van der Waals surface area (Å²) >= 11 is 0. The van der Waals surface area contributed by atoms with Crippen LogP contribution in [0.15, 0.2) is 17.1 Å². The molecule has 1 saturated heterocycles. The van der Waals surface area contributed by atoms with Crippen molar-refractivity contribution in [1.82, 2.24) is 9.88 Å². The fourth-order valence-electron chi connectivity index (χ4n) is 2.17. The summed E-state index contributed by atoms with van der Waals surface area (Å²) in [5, 5.41) is 6.13. The number of hydrogen-bond donors (Lipinski definition) is 2. The average Bonchev–Trinajstić information content (AvgIpc) is 2.37. The van der Waals surface area contributed by atoms with E-state index in [2.05, 4.69) is 10.6 Å². The number of rotatable bonds is 2. The van der Waals surface area contributed by atoms with Crippen LogP contribution in [0.3, 0.4) is 0 Å². The van der Waals surface area contributed by atoms with Crippen molar-refractivity contribution in [2.24, 2.45) is 13.0 Å². The number of hydrogen-bond acceptors (Lipinski definition) is 3. The Balaban J connectivity index is 2.11. The van der Waals surface area contributed by atoms with E-state index >= 15 is 0 Å². The molecule has 5 heteroatoms. The molecule has 1 unspecified atom stereocenters. The summed E-state index contributed by atoms with van der Waals surface area (Å²) in [7, 11) is 1.68. The number of amides is 1. The number of carbonyl (C=O) groups excluding carboxylic acids is 1. The van der Waals surface area contributed by atoms with Crippen LogP contribution in [0.4, 0.5) is 5.69 Å². The topological polar surface area (TPSA) is 63.1 Å². The molecule has 0 aromatic carbocycles. The van der Waals surface area contributed by atoms with Crippen LogP contribution in [-0.2, 0) is 11.8 Å². The lowest BCUT2D eigenvalue weighted by molar-refractivity contribution is -0.120. The first kappa shape index (κ1) is 12.8. The van der Waals surface area contributed by atoms with E-state index in [1.54, 1.807) is 13.2 Å². The van der Waals surface area contributed by atoms with Crippen molar-refractivity contribution in [2.45, 2.75) is 19.8 Å². The molecule has 1 amide bonds. The molecular weight excluding hydrogens is 230 g/mol. The molecule has 0 bridgehead atoms. The van der Waals surface area contributed by atoms with Crippen molar-refractivity contribution >= 4 is 11.6 Å². The number of aryl methyl sites for hydroxylation is 2. The monoisotopic (exact) mass is 249 g/mol. The van der Waals surface area contributed by atoms with E-state index in [1.807, 2.05) is 6.92 Å². The fourth-order valence-corrected chi connectivity index (χ4v) is 2.17. The number of anilines is 1. The summed E-state index contributed by atoms with van der Waals surface area (Å²) in [5.41, 5.74) is 1.45. The Bertz CT molecular complexity index is 501. The van der Waals surface area contributed by atoms with Crippen molar-refractivity contribution in [1.29, 1.82) is 0 Å². The zero-order valence-electron chi connectivity index (χ0n) is 10.8. The minimum absolute atomic E-state index is 0.0235. The van der Waals surface area contributed by atoms with Gasteiger partial charge in [-0.05, 0) is 31.9 Å². The minimum Gasteiger partial charge on any atom is -0.324 e. The molecule has 1 aliphatic rings. The Labute approximate surface area is 106 Å². The van der Waals surface area contributed by atoms with Crippen molar-refractivity contribution < 1.29 is 4.79 Å². The summed E-state index contributed by atoms with van der Waals surface area (Å²) in [6.45, 7) is 3.55. The Hall–Kier alpha value is -1.62. The van der Waals surface area contributed by atoms with E-state index in [0.717, 1.165) is 31.5 Å². The molecule has 1 atom stereocenters. The first-order valence-electron chi connectivity index (χ1n) is 6.27. The highest BCUT2D eigenvalue weighted by Crippen LogP contribution is 2.16. The third-order valence-electron chi connectivity index (χ3n) is 3.36. The summed E-state index contributed by atoms with van der Waals surface area (Å²) in [4.78, 5) is 23.5. The molecule has 1 aromatic heterocycles. The van der Waals surface area contributed by atoms with E-state index in [4.69, 9.17) is 0 Å². The van der Waals surface area contributed by atoms with Crippen LogP contribution in [0.1, 0.15) is 18.4 Å². The molecule has 5 nitrogen and oxygen atoms in total. The molecule has 98 valence electrons. The van der Waals surface area contributed by atoms with E-state index in [-0.39, 0.29) is 17.4 Å². The third kappa shape index (κ3) is 2.79. The maximum atomic E-state index is 12.1. The summed E-state index contributed by atoms with van der Waals surface area (Å²) < 4.78 is 1.47. The summed E-state index contributed by atoms with van der Waals surface area (Å²) in [5.74, 6) is 0.0549. The van der Waals surface area contributed by atoms with Gasteiger partial charge in [0.25, 0.3) is 5.56 Å².